The van der Waals surface area contributed by atoms with Gasteiger partial charge in [0.2, 0.25) is 0 Å². The summed E-state index contributed by atoms with van der Waals surface area (Å²) in [6.45, 7) is 1.29. The molecule has 0 bridgehead atoms. The van der Waals surface area contributed by atoms with Crippen molar-refractivity contribution in [3.05, 3.63) is 0 Å². The van der Waals surface area contributed by atoms with Gasteiger partial charge in [-0.1, -0.05) is 25.7 Å². The number of aliphatic carboxylic acids is 1. The monoisotopic (exact) mass is 198 g/mol. The topological polar surface area (TPSA) is 46.5 Å². The number of rotatable bonds is 2. The van der Waals surface area contributed by atoms with Crippen molar-refractivity contribution in [1.29, 1.82) is 0 Å². The van der Waals surface area contributed by atoms with Crippen molar-refractivity contribution in [3.8, 4) is 0 Å². The lowest BCUT2D eigenvalue weighted by atomic mass is 9.78. The first-order valence-corrected chi connectivity index (χ1v) is 5.59. The normalized spacial score (nSPS) is 34.6. The molecule has 2 fully saturated rings. The van der Waals surface area contributed by atoms with Crippen LogP contribution < -0.4 is 0 Å². The fourth-order valence-electron chi connectivity index (χ4n) is 2.92. The molecule has 2 aliphatic rings. The third-order valence-corrected chi connectivity index (χ3v) is 3.72. The fourth-order valence-corrected chi connectivity index (χ4v) is 2.92. The van der Waals surface area contributed by atoms with Crippen LogP contribution in [0.2, 0.25) is 0 Å². The summed E-state index contributed by atoms with van der Waals surface area (Å²) >= 11 is 0. The summed E-state index contributed by atoms with van der Waals surface area (Å²) in [5, 5.41) is 9.11. The molecule has 14 heavy (non-hydrogen) atoms. The molecule has 0 aromatic heterocycles. The van der Waals surface area contributed by atoms with Crippen molar-refractivity contribution in [2.45, 2.75) is 32.1 Å². The summed E-state index contributed by atoms with van der Waals surface area (Å²) in [7, 11) is 0. The predicted octanol–water partition coefficient (Wildman–Crippen LogP) is 1.91. The Labute approximate surface area is 84.4 Å². The van der Waals surface area contributed by atoms with Crippen molar-refractivity contribution in [1.82, 2.24) is 0 Å². The van der Waals surface area contributed by atoms with Crippen molar-refractivity contribution >= 4 is 5.97 Å². The number of ether oxygens (including phenoxy) is 1. The summed E-state index contributed by atoms with van der Waals surface area (Å²) in [5.74, 6) is 0.122. The van der Waals surface area contributed by atoms with E-state index in [0.717, 1.165) is 0 Å². The van der Waals surface area contributed by atoms with Crippen LogP contribution in [0.1, 0.15) is 32.1 Å². The lowest BCUT2D eigenvalue weighted by Gasteiger charge is -2.32. The minimum atomic E-state index is -0.620. The second-order valence-corrected chi connectivity index (χ2v) is 4.52. The number of carboxylic acids is 1. The van der Waals surface area contributed by atoms with E-state index in [1.54, 1.807) is 0 Å². The molecule has 1 aliphatic carbocycles. The lowest BCUT2D eigenvalue weighted by molar-refractivity contribution is -0.150. The highest BCUT2D eigenvalue weighted by molar-refractivity contribution is 5.70. The van der Waals surface area contributed by atoms with E-state index in [9.17, 15) is 4.79 Å². The maximum atomic E-state index is 11.1. The Bertz CT molecular complexity index is 209. The van der Waals surface area contributed by atoms with Gasteiger partial charge in [0.15, 0.2) is 0 Å². The fraction of sp³-hybridized carbons (Fsp3) is 0.909. The van der Waals surface area contributed by atoms with E-state index in [4.69, 9.17) is 9.84 Å². The van der Waals surface area contributed by atoms with Crippen molar-refractivity contribution < 1.29 is 14.6 Å². The molecule has 3 nitrogen and oxygen atoms in total. The maximum Gasteiger partial charge on any atom is 0.306 e. The first-order chi connectivity index (χ1) is 6.79. The van der Waals surface area contributed by atoms with E-state index in [2.05, 4.69) is 0 Å². The molecular weight excluding hydrogens is 180 g/mol. The zero-order valence-electron chi connectivity index (χ0n) is 8.45. The minimum absolute atomic E-state index is 0.146. The van der Waals surface area contributed by atoms with Gasteiger partial charge in [-0.2, -0.15) is 0 Å². The van der Waals surface area contributed by atoms with Gasteiger partial charge in [-0.15, -0.1) is 0 Å². The molecule has 1 saturated carbocycles. The summed E-state index contributed by atoms with van der Waals surface area (Å²) in [6, 6.07) is 0. The number of carbonyl (C=O) groups is 1. The summed E-state index contributed by atoms with van der Waals surface area (Å²) < 4.78 is 5.41. The quantitative estimate of drug-likeness (QED) is 0.737. The Morgan fingerprint density at radius 1 is 1.21 bits per heavy atom. The second kappa shape index (κ2) is 4.30. The van der Waals surface area contributed by atoms with Crippen LogP contribution in [-0.4, -0.2) is 24.3 Å². The molecule has 1 N–H and O–H groups in total. The average molecular weight is 198 g/mol. The second-order valence-electron chi connectivity index (χ2n) is 4.52. The molecule has 2 atom stereocenters. The van der Waals surface area contributed by atoms with Gasteiger partial charge in [0.25, 0.3) is 0 Å². The molecule has 2 unspecified atom stereocenters. The largest absolute Gasteiger partial charge is 0.481 e. The summed E-state index contributed by atoms with van der Waals surface area (Å²) in [6.07, 6.45) is 5.66. The van der Waals surface area contributed by atoms with Gasteiger partial charge >= 0.3 is 5.97 Å². The minimum Gasteiger partial charge on any atom is -0.481 e. The maximum absolute atomic E-state index is 11.1. The SMILES string of the molecule is O=C(O)C1CCOCC1C1CCCC1. The third kappa shape index (κ3) is 1.92. The molecule has 2 rings (SSSR count). The van der Waals surface area contributed by atoms with E-state index >= 15 is 0 Å². The molecule has 0 aromatic carbocycles. The summed E-state index contributed by atoms with van der Waals surface area (Å²) in [4.78, 5) is 11.1. The molecule has 1 aliphatic heterocycles. The Kier molecular flexibility index (Phi) is 3.06. The van der Waals surface area contributed by atoms with E-state index in [1.165, 1.54) is 25.7 Å². The van der Waals surface area contributed by atoms with Crippen LogP contribution in [0.15, 0.2) is 0 Å². The molecule has 0 amide bonds. The van der Waals surface area contributed by atoms with Gasteiger partial charge in [0.1, 0.15) is 0 Å². The van der Waals surface area contributed by atoms with Gasteiger partial charge in [0.05, 0.1) is 12.5 Å². The number of hydrogen-bond acceptors (Lipinski definition) is 2. The standard InChI is InChI=1S/C11H18O3/c12-11(13)9-5-6-14-7-10(9)8-3-1-2-4-8/h8-10H,1-7H2,(H,12,13). The van der Waals surface area contributed by atoms with Crippen LogP contribution in [0.5, 0.6) is 0 Å². The highest BCUT2D eigenvalue weighted by Crippen LogP contribution is 2.38. The van der Waals surface area contributed by atoms with E-state index in [1.807, 2.05) is 0 Å². The van der Waals surface area contributed by atoms with Crippen molar-refractivity contribution in [2.75, 3.05) is 13.2 Å². The highest BCUT2D eigenvalue weighted by atomic mass is 16.5. The molecular formula is C11H18O3. The Balaban J connectivity index is 2.01. The molecule has 0 spiro atoms. The van der Waals surface area contributed by atoms with Crippen LogP contribution in [0.3, 0.4) is 0 Å². The Hall–Kier alpha value is -0.570. The van der Waals surface area contributed by atoms with Gasteiger partial charge in [-0.25, -0.2) is 0 Å². The van der Waals surface area contributed by atoms with Crippen LogP contribution in [-0.2, 0) is 9.53 Å². The average Bonchev–Trinajstić information content (AvgIpc) is 2.70. The predicted molar refractivity (Wildman–Crippen MR) is 52.0 cm³/mol. The lowest BCUT2D eigenvalue weighted by Crippen LogP contribution is -2.36. The first kappa shape index (κ1) is 9.97. The number of hydrogen-bond donors (Lipinski definition) is 1. The van der Waals surface area contributed by atoms with Crippen LogP contribution in [0.4, 0.5) is 0 Å². The highest BCUT2D eigenvalue weighted by Gasteiger charge is 2.37. The Morgan fingerprint density at radius 3 is 2.57 bits per heavy atom. The molecule has 3 heteroatoms. The van der Waals surface area contributed by atoms with Crippen LogP contribution >= 0.6 is 0 Å². The van der Waals surface area contributed by atoms with Gasteiger partial charge < -0.3 is 9.84 Å². The first-order valence-electron chi connectivity index (χ1n) is 5.59. The van der Waals surface area contributed by atoms with Crippen molar-refractivity contribution in [3.63, 3.8) is 0 Å². The molecule has 80 valence electrons. The van der Waals surface area contributed by atoms with Gasteiger partial charge in [-0.3, -0.25) is 4.79 Å². The number of carboxylic acid groups (broad SMARTS) is 1. The summed E-state index contributed by atoms with van der Waals surface area (Å²) in [5.41, 5.74) is 0. The smallest absolute Gasteiger partial charge is 0.306 e. The Morgan fingerprint density at radius 2 is 1.93 bits per heavy atom. The zero-order chi connectivity index (χ0) is 9.97. The van der Waals surface area contributed by atoms with E-state index in [-0.39, 0.29) is 11.8 Å². The molecule has 1 saturated heterocycles. The van der Waals surface area contributed by atoms with Crippen LogP contribution in [0, 0.1) is 17.8 Å². The third-order valence-electron chi connectivity index (χ3n) is 3.72. The van der Waals surface area contributed by atoms with Crippen LogP contribution in [0.25, 0.3) is 0 Å². The molecule has 1 heterocycles. The van der Waals surface area contributed by atoms with Gasteiger partial charge in [0, 0.05) is 6.61 Å². The van der Waals surface area contributed by atoms with Crippen molar-refractivity contribution in [2.24, 2.45) is 17.8 Å². The van der Waals surface area contributed by atoms with E-state index in [0.29, 0.717) is 25.6 Å². The zero-order valence-corrected chi connectivity index (χ0v) is 8.45. The molecule has 0 radical (unpaired) electrons. The van der Waals surface area contributed by atoms with Gasteiger partial charge in [-0.05, 0) is 18.3 Å². The molecule has 0 aromatic rings. The van der Waals surface area contributed by atoms with E-state index < -0.39 is 5.97 Å².